The molecule has 0 unspecified atom stereocenters. The van der Waals surface area contributed by atoms with Gasteiger partial charge in [-0.3, -0.25) is 19.3 Å². The molecule has 0 bridgehead atoms. The summed E-state index contributed by atoms with van der Waals surface area (Å²) in [5, 5.41) is 0.495. The zero-order valence-electron chi connectivity index (χ0n) is 17.8. The van der Waals surface area contributed by atoms with Gasteiger partial charge < -0.3 is 14.2 Å². The lowest BCUT2D eigenvalue weighted by molar-refractivity contribution is -0.181. The predicted octanol–water partition coefficient (Wildman–Crippen LogP) is 2.73. The molecule has 4 rings (SSSR count). The van der Waals surface area contributed by atoms with Crippen molar-refractivity contribution in [3.05, 3.63) is 40.9 Å². The number of esters is 2. The summed E-state index contributed by atoms with van der Waals surface area (Å²) in [6, 6.07) is 6.25. The molecule has 2 amide bonds. The maximum absolute atomic E-state index is 13.8. The molecular weight excluding hydrogens is 438 g/mol. The Morgan fingerprint density at radius 3 is 2.31 bits per heavy atom. The van der Waals surface area contributed by atoms with Crippen LogP contribution in [0, 0.1) is 11.3 Å². The van der Waals surface area contributed by atoms with E-state index >= 15 is 0 Å². The van der Waals surface area contributed by atoms with Crippen LogP contribution in [0.3, 0.4) is 0 Å². The number of amides is 2. The summed E-state index contributed by atoms with van der Waals surface area (Å²) < 4.78 is 15.7. The minimum Gasteiger partial charge on any atom is -0.477 e. The summed E-state index contributed by atoms with van der Waals surface area (Å²) in [6.07, 6.45) is 3.83. The number of carbonyl (C=O) groups is 4. The van der Waals surface area contributed by atoms with Gasteiger partial charge in [0.05, 0.1) is 20.1 Å². The van der Waals surface area contributed by atoms with Crippen LogP contribution in [-0.4, -0.2) is 55.0 Å². The first kappa shape index (κ1) is 22.3. The monoisotopic (exact) mass is 461 g/mol. The molecule has 1 aliphatic carbocycles. The molecule has 0 N–H and O–H groups in total. The third kappa shape index (κ3) is 3.28. The second-order valence-electron chi connectivity index (χ2n) is 8.20. The molecule has 9 heteroatoms. The maximum atomic E-state index is 13.8. The van der Waals surface area contributed by atoms with E-state index in [0.29, 0.717) is 23.4 Å². The number of halogens is 1. The van der Waals surface area contributed by atoms with Crippen molar-refractivity contribution in [2.75, 3.05) is 14.2 Å². The predicted molar refractivity (Wildman–Crippen MR) is 113 cm³/mol. The first-order valence-corrected chi connectivity index (χ1v) is 10.9. The van der Waals surface area contributed by atoms with Crippen molar-refractivity contribution in [2.24, 2.45) is 11.3 Å². The van der Waals surface area contributed by atoms with Crippen LogP contribution in [0.1, 0.15) is 37.7 Å². The Bertz CT molecular complexity index is 983. The second-order valence-corrected chi connectivity index (χ2v) is 8.64. The largest absolute Gasteiger partial charge is 0.477 e. The van der Waals surface area contributed by atoms with Crippen LogP contribution in [0.25, 0.3) is 5.76 Å². The SMILES string of the molecule is COC(=O)[C@H]1OC(c2ccc(Cl)cc2)=C[C@H]2C(=O)N(C3CCCCC3)C(=O)[C@@]12C(=O)OC. The first-order valence-electron chi connectivity index (χ1n) is 10.5. The molecule has 1 saturated heterocycles. The Labute approximate surface area is 190 Å². The van der Waals surface area contributed by atoms with E-state index in [2.05, 4.69) is 0 Å². The molecule has 8 nitrogen and oxygen atoms in total. The molecule has 1 aromatic rings. The lowest BCUT2D eigenvalue weighted by Crippen LogP contribution is -2.58. The van der Waals surface area contributed by atoms with Crippen molar-refractivity contribution in [3.8, 4) is 0 Å². The van der Waals surface area contributed by atoms with Gasteiger partial charge >= 0.3 is 11.9 Å². The van der Waals surface area contributed by atoms with Crippen molar-refractivity contribution in [2.45, 2.75) is 44.2 Å². The van der Waals surface area contributed by atoms with Crippen LogP contribution in [0.4, 0.5) is 0 Å². The van der Waals surface area contributed by atoms with E-state index in [4.69, 9.17) is 25.8 Å². The topological polar surface area (TPSA) is 99.2 Å². The molecule has 1 aromatic carbocycles. The molecule has 170 valence electrons. The molecule has 2 fully saturated rings. The van der Waals surface area contributed by atoms with E-state index in [1.165, 1.54) is 6.08 Å². The number of hydrogen-bond acceptors (Lipinski definition) is 7. The summed E-state index contributed by atoms with van der Waals surface area (Å²) >= 11 is 5.97. The van der Waals surface area contributed by atoms with Gasteiger partial charge in [0.2, 0.25) is 17.4 Å². The number of ether oxygens (including phenoxy) is 3. The highest BCUT2D eigenvalue weighted by molar-refractivity contribution is 6.30. The number of likely N-dealkylation sites (tertiary alicyclic amines) is 1. The Morgan fingerprint density at radius 1 is 1.06 bits per heavy atom. The number of rotatable bonds is 4. The molecule has 1 saturated carbocycles. The molecule has 2 aliphatic heterocycles. The van der Waals surface area contributed by atoms with E-state index in [1.807, 2.05) is 0 Å². The molecular formula is C23H24ClNO7. The van der Waals surface area contributed by atoms with Crippen LogP contribution >= 0.6 is 11.6 Å². The molecule has 32 heavy (non-hydrogen) atoms. The number of carbonyl (C=O) groups excluding carboxylic acids is 4. The number of benzene rings is 1. The van der Waals surface area contributed by atoms with E-state index in [9.17, 15) is 19.2 Å². The fourth-order valence-electron chi connectivity index (χ4n) is 4.96. The molecule has 2 heterocycles. The standard InChI is InChI=1S/C23H24ClNO7/c1-30-20(27)18-23(22(29)31-2)16(12-17(32-18)13-8-10-14(24)11-9-13)19(26)25(21(23)28)15-6-4-3-5-7-15/h8-12,15-16,18H,3-7H2,1-2H3/t16-,18+,23-/m0/s1. The minimum atomic E-state index is -2.17. The van der Waals surface area contributed by atoms with Gasteiger partial charge in [0.1, 0.15) is 5.76 Å². The Hall–Kier alpha value is -2.87. The molecule has 3 aliphatic rings. The summed E-state index contributed by atoms with van der Waals surface area (Å²) in [5.74, 6) is -4.31. The fourth-order valence-corrected chi connectivity index (χ4v) is 5.09. The zero-order chi connectivity index (χ0) is 23.0. The van der Waals surface area contributed by atoms with E-state index in [-0.39, 0.29) is 11.8 Å². The highest BCUT2D eigenvalue weighted by Gasteiger charge is 2.73. The van der Waals surface area contributed by atoms with Gasteiger partial charge in [0.25, 0.3) is 5.91 Å². The van der Waals surface area contributed by atoms with Crippen molar-refractivity contribution in [1.82, 2.24) is 4.90 Å². The molecule has 0 aromatic heterocycles. The molecule has 3 atom stereocenters. The minimum absolute atomic E-state index is 0.188. The number of fused-ring (bicyclic) bond motifs is 1. The smallest absolute Gasteiger partial charge is 0.348 e. The fraction of sp³-hybridized carbons (Fsp3) is 0.478. The number of methoxy groups -OCH3 is 2. The van der Waals surface area contributed by atoms with Crippen molar-refractivity contribution in [3.63, 3.8) is 0 Å². The van der Waals surface area contributed by atoms with Gasteiger partial charge in [0.15, 0.2) is 0 Å². The van der Waals surface area contributed by atoms with Crippen LogP contribution in [0.2, 0.25) is 5.02 Å². The lowest BCUT2D eigenvalue weighted by atomic mass is 9.70. The number of hydrogen-bond donors (Lipinski definition) is 0. The zero-order valence-corrected chi connectivity index (χ0v) is 18.6. The Kier molecular flexibility index (Phi) is 5.99. The average Bonchev–Trinajstić information content (AvgIpc) is 3.05. The number of nitrogens with zero attached hydrogens (tertiary/aromatic N) is 1. The van der Waals surface area contributed by atoms with Gasteiger partial charge in [-0.15, -0.1) is 0 Å². The quantitative estimate of drug-likeness (QED) is 0.386. The third-order valence-electron chi connectivity index (χ3n) is 6.55. The summed E-state index contributed by atoms with van der Waals surface area (Å²) in [4.78, 5) is 54.4. The highest BCUT2D eigenvalue weighted by Crippen LogP contribution is 2.51. The van der Waals surface area contributed by atoms with Crippen molar-refractivity contribution in [1.29, 1.82) is 0 Å². The van der Waals surface area contributed by atoms with E-state index < -0.39 is 41.2 Å². The van der Waals surface area contributed by atoms with Crippen LogP contribution in [0.5, 0.6) is 0 Å². The molecule has 0 spiro atoms. The lowest BCUT2D eigenvalue weighted by Gasteiger charge is -2.38. The maximum Gasteiger partial charge on any atom is 0.348 e. The number of imide groups is 1. The van der Waals surface area contributed by atoms with E-state index in [1.54, 1.807) is 24.3 Å². The first-order chi connectivity index (χ1) is 15.4. The van der Waals surface area contributed by atoms with Crippen LogP contribution < -0.4 is 0 Å². The van der Waals surface area contributed by atoms with Gasteiger partial charge in [-0.2, -0.15) is 0 Å². The second kappa shape index (κ2) is 8.58. The van der Waals surface area contributed by atoms with Gasteiger partial charge in [0, 0.05) is 16.6 Å². The summed E-state index contributed by atoms with van der Waals surface area (Å²) in [5.41, 5.74) is -1.63. The summed E-state index contributed by atoms with van der Waals surface area (Å²) in [7, 11) is 2.24. The van der Waals surface area contributed by atoms with Gasteiger partial charge in [-0.25, -0.2) is 4.79 Å². The molecule has 0 radical (unpaired) electrons. The van der Waals surface area contributed by atoms with Gasteiger partial charge in [-0.05, 0) is 43.2 Å². The van der Waals surface area contributed by atoms with Crippen LogP contribution in [0.15, 0.2) is 30.3 Å². The van der Waals surface area contributed by atoms with Crippen molar-refractivity contribution >= 4 is 41.1 Å². The van der Waals surface area contributed by atoms with Gasteiger partial charge in [-0.1, -0.05) is 30.9 Å². The normalized spacial score (nSPS) is 28.0. The Balaban J connectivity index is 1.88. The van der Waals surface area contributed by atoms with E-state index in [0.717, 1.165) is 38.4 Å². The van der Waals surface area contributed by atoms with Crippen LogP contribution in [-0.2, 0) is 33.4 Å². The summed E-state index contributed by atoms with van der Waals surface area (Å²) in [6.45, 7) is 0. The third-order valence-corrected chi connectivity index (χ3v) is 6.80. The highest BCUT2D eigenvalue weighted by atomic mass is 35.5. The Morgan fingerprint density at radius 2 is 1.72 bits per heavy atom. The van der Waals surface area contributed by atoms with Crippen molar-refractivity contribution < 1.29 is 33.4 Å². The average molecular weight is 462 g/mol.